The Kier molecular flexibility index (Phi) is 5.59. The smallest absolute Gasteiger partial charge is 0.278 e. The molecule has 152 valence electrons. The highest BCUT2D eigenvalue weighted by molar-refractivity contribution is 6.36. The standard InChI is InChI=1S/C24H21FN2O3/c1-30-15-5-14-27-23(28)21(17-10-12-18(25)13-11-17)22(24(27)29)26-20-9-4-7-16-6-2-3-8-19(16)20/h2-4,6-13,26H,5,14-15H2,1H3. The van der Waals surface area contributed by atoms with Crippen LogP contribution in [0.25, 0.3) is 16.3 Å². The first-order chi connectivity index (χ1) is 14.6. The molecule has 0 spiro atoms. The van der Waals surface area contributed by atoms with E-state index in [9.17, 15) is 14.0 Å². The molecular weight excluding hydrogens is 383 g/mol. The fourth-order valence-electron chi connectivity index (χ4n) is 3.62. The predicted molar refractivity (Wildman–Crippen MR) is 114 cm³/mol. The summed E-state index contributed by atoms with van der Waals surface area (Å²) in [5, 5.41) is 5.14. The molecule has 1 aliphatic heterocycles. The van der Waals surface area contributed by atoms with Gasteiger partial charge in [0.05, 0.1) is 5.57 Å². The first kappa shape index (κ1) is 19.8. The van der Waals surface area contributed by atoms with Gasteiger partial charge in [0.1, 0.15) is 11.5 Å². The molecule has 6 heteroatoms. The van der Waals surface area contributed by atoms with Crippen molar-refractivity contribution in [3.63, 3.8) is 0 Å². The number of benzene rings is 3. The highest BCUT2D eigenvalue weighted by Crippen LogP contribution is 2.32. The van der Waals surface area contributed by atoms with E-state index in [2.05, 4.69) is 5.32 Å². The second-order valence-electron chi connectivity index (χ2n) is 7.02. The number of hydrogen-bond donors (Lipinski definition) is 1. The van der Waals surface area contributed by atoms with E-state index in [1.165, 1.54) is 29.2 Å². The third-order valence-electron chi connectivity index (χ3n) is 5.08. The van der Waals surface area contributed by atoms with Gasteiger partial charge in [-0.2, -0.15) is 0 Å². The molecule has 0 radical (unpaired) electrons. The van der Waals surface area contributed by atoms with Crippen molar-refractivity contribution in [2.75, 3.05) is 25.6 Å². The minimum absolute atomic E-state index is 0.195. The Morgan fingerprint density at radius 1 is 0.933 bits per heavy atom. The van der Waals surface area contributed by atoms with E-state index >= 15 is 0 Å². The van der Waals surface area contributed by atoms with E-state index in [1.807, 2.05) is 42.5 Å². The van der Waals surface area contributed by atoms with Crippen molar-refractivity contribution in [3.8, 4) is 0 Å². The number of methoxy groups -OCH3 is 1. The van der Waals surface area contributed by atoms with Crippen LogP contribution in [0, 0.1) is 5.82 Å². The van der Waals surface area contributed by atoms with Gasteiger partial charge in [-0.15, -0.1) is 0 Å². The number of rotatable bonds is 7. The van der Waals surface area contributed by atoms with Crippen molar-refractivity contribution in [1.29, 1.82) is 0 Å². The number of fused-ring (bicyclic) bond motifs is 1. The van der Waals surface area contributed by atoms with Gasteiger partial charge in [0.25, 0.3) is 11.8 Å². The number of anilines is 1. The van der Waals surface area contributed by atoms with Crippen LogP contribution in [-0.2, 0) is 14.3 Å². The van der Waals surface area contributed by atoms with Crippen LogP contribution in [0.1, 0.15) is 12.0 Å². The van der Waals surface area contributed by atoms with Crippen molar-refractivity contribution >= 4 is 33.8 Å². The topological polar surface area (TPSA) is 58.6 Å². The Balaban J connectivity index is 1.77. The number of carbonyl (C=O) groups is 2. The third-order valence-corrected chi connectivity index (χ3v) is 5.08. The fraction of sp³-hybridized carbons (Fsp3) is 0.167. The van der Waals surface area contributed by atoms with Crippen molar-refractivity contribution in [2.24, 2.45) is 0 Å². The van der Waals surface area contributed by atoms with Gasteiger partial charge in [-0.1, -0.05) is 48.5 Å². The van der Waals surface area contributed by atoms with E-state index in [0.717, 1.165) is 16.5 Å². The minimum atomic E-state index is -0.406. The summed E-state index contributed by atoms with van der Waals surface area (Å²) in [6, 6.07) is 19.1. The molecule has 3 aromatic rings. The molecule has 0 aromatic heterocycles. The molecule has 1 heterocycles. The number of nitrogens with zero attached hydrogens (tertiary/aromatic N) is 1. The Hall–Kier alpha value is -3.51. The lowest BCUT2D eigenvalue weighted by atomic mass is 10.0. The summed E-state index contributed by atoms with van der Waals surface area (Å²) in [6.45, 7) is 0.686. The molecule has 4 rings (SSSR count). The molecule has 0 atom stereocenters. The number of nitrogens with one attached hydrogen (secondary N) is 1. The zero-order valence-electron chi connectivity index (χ0n) is 16.5. The van der Waals surface area contributed by atoms with Gasteiger partial charge in [0.2, 0.25) is 0 Å². The Labute approximate surface area is 173 Å². The number of halogens is 1. The van der Waals surface area contributed by atoms with Gasteiger partial charge in [-0.25, -0.2) is 4.39 Å². The van der Waals surface area contributed by atoms with Crippen LogP contribution in [0.2, 0.25) is 0 Å². The lowest BCUT2D eigenvalue weighted by Gasteiger charge is -2.15. The number of ether oxygens (including phenoxy) is 1. The summed E-state index contributed by atoms with van der Waals surface area (Å²) in [5.74, 6) is -1.20. The van der Waals surface area contributed by atoms with Crippen molar-refractivity contribution in [1.82, 2.24) is 4.90 Å². The molecule has 0 bridgehead atoms. The summed E-state index contributed by atoms with van der Waals surface area (Å²) in [4.78, 5) is 27.5. The number of hydrogen-bond acceptors (Lipinski definition) is 4. The van der Waals surface area contributed by atoms with Crippen LogP contribution in [0.4, 0.5) is 10.1 Å². The lowest BCUT2D eigenvalue weighted by molar-refractivity contribution is -0.136. The average Bonchev–Trinajstić information content (AvgIpc) is 2.99. The molecule has 3 aromatic carbocycles. The van der Waals surface area contributed by atoms with E-state index in [0.29, 0.717) is 18.6 Å². The molecule has 1 N–H and O–H groups in total. The molecular formula is C24H21FN2O3. The van der Waals surface area contributed by atoms with Crippen molar-refractivity contribution in [3.05, 3.63) is 83.8 Å². The van der Waals surface area contributed by atoms with Crippen LogP contribution in [0.3, 0.4) is 0 Å². The Bertz CT molecular complexity index is 1130. The summed E-state index contributed by atoms with van der Waals surface area (Å²) < 4.78 is 18.5. The molecule has 5 nitrogen and oxygen atoms in total. The first-order valence-corrected chi connectivity index (χ1v) is 9.70. The minimum Gasteiger partial charge on any atom is -0.385 e. The summed E-state index contributed by atoms with van der Waals surface area (Å²) >= 11 is 0. The maximum absolute atomic E-state index is 13.4. The number of carbonyl (C=O) groups excluding carboxylic acids is 2. The lowest BCUT2D eigenvalue weighted by Crippen LogP contribution is -2.33. The molecule has 0 aliphatic carbocycles. The van der Waals surface area contributed by atoms with Crippen LogP contribution < -0.4 is 5.32 Å². The second-order valence-corrected chi connectivity index (χ2v) is 7.02. The average molecular weight is 404 g/mol. The maximum Gasteiger partial charge on any atom is 0.278 e. The van der Waals surface area contributed by atoms with Crippen molar-refractivity contribution < 1.29 is 18.7 Å². The largest absolute Gasteiger partial charge is 0.385 e. The molecule has 0 saturated carbocycles. The van der Waals surface area contributed by atoms with Crippen LogP contribution in [0.5, 0.6) is 0 Å². The summed E-state index contributed by atoms with van der Waals surface area (Å²) in [7, 11) is 1.57. The summed E-state index contributed by atoms with van der Waals surface area (Å²) in [6.07, 6.45) is 0.534. The highest BCUT2D eigenvalue weighted by atomic mass is 19.1. The van der Waals surface area contributed by atoms with E-state index in [1.54, 1.807) is 7.11 Å². The molecule has 0 fully saturated rings. The maximum atomic E-state index is 13.4. The Morgan fingerprint density at radius 3 is 2.43 bits per heavy atom. The van der Waals surface area contributed by atoms with Gasteiger partial charge in [0.15, 0.2) is 0 Å². The molecule has 1 aliphatic rings. The monoisotopic (exact) mass is 404 g/mol. The Morgan fingerprint density at radius 2 is 1.67 bits per heavy atom. The van der Waals surface area contributed by atoms with Gasteiger partial charge in [-0.05, 0) is 35.6 Å². The van der Waals surface area contributed by atoms with Gasteiger partial charge < -0.3 is 10.1 Å². The van der Waals surface area contributed by atoms with E-state index in [4.69, 9.17) is 4.74 Å². The highest BCUT2D eigenvalue weighted by Gasteiger charge is 2.39. The van der Waals surface area contributed by atoms with Crippen LogP contribution >= 0.6 is 0 Å². The number of amides is 2. The SMILES string of the molecule is COCCCN1C(=O)C(Nc2cccc3ccccc23)=C(c2ccc(F)cc2)C1=O. The second kappa shape index (κ2) is 8.47. The molecule has 2 amide bonds. The quantitative estimate of drug-likeness (QED) is 0.474. The van der Waals surface area contributed by atoms with Crippen molar-refractivity contribution in [2.45, 2.75) is 6.42 Å². The van der Waals surface area contributed by atoms with E-state index < -0.39 is 17.6 Å². The fourth-order valence-corrected chi connectivity index (χ4v) is 3.62. The molecule has 0 unspecified atom stereocenters. The van der Waals surface area contributed by atoms with Crippen LogP contribution in [-0.4, -0.2) is 37.0 Å². The van der Waals surface area contributed by atoms with Crippen LogP contribution in [0.15, 0.2) is 72.4 Å². The zero-order valence-corrected chi connectivity index (χ0v) is 16.5. The number of imide groups is 1. The normalized spacial score (nSPS) is 14.1. The molecule has 0 saturated heterocycles. The van der Waals surface area contributed by atoms with Gasteiger partial charge >= 0.3 is 0 Å². The van der Waals surface area contributed by atoms with Gasteiger partial charge in [0, 0.05) is 31.3 Å². The zero-order chi connectivity index (χ0) is 21.1. The summed E-state index contributed by atoms with van der Waals surface area (Å²) in [5.41, 5.74) is 1.65. The van der Waals surface area contributed by atoms with Gasteiger partial charge in [-0.3, -0.25) is 14.5 Å². The third kappa shape index (κ3) is 3.69. The van der Waals surface area contributed by atoms with E-state index in [-0.39, 0.29) is 17.8 Å². The molecule has 30 heavy (non-hydrogen) atoms. The first-order valence-electron chi connectivity index (χ1n) is 9.70. The predicted octanol–water partition coefficient (Wildman–Crippen LogP) is 4.21.